The second-order valence-electron chi connectivity index (χ2n) is 2.25. The number of carbonyl (C=O) groups is 1. The monoisotopic (exact) mass is 183 g/mol. The van der Waals surface area contributed by atoms with Crippen LogP contribution in [0, 0.1) is 10.7 Å². The van der Waals surface area contributed by atoms with Crippen molar-refractivity contribution in [1.82, 2.24) is 0 Å². The first-order valence-corrected chi connectivity index (χ1v) is 3.40. The van der Waals surface area contributed by atoms with E-state index >= 15 is 0 Å². The van der Waals surface area contributed by atoms with Gasteiger partial charge in [0.1, 0.15) is 0 Å². The molecule has 1 amide bonds. The quantitative estimate of drug-likeness (QED) is 0.656. The van der Waals surface area contributed by atoms with E-state index in [-0.39, 0.29) is 11.3 Å². The Morgan fingerprint density at radius 1 is 1.54 bits per heavy atom. The second kappa shape index (κ2) is 3.75. The summed E-state index contributed by atoms with van der Waals surface area (Å²) in [6.45, 7) is 0. The fourth-order valence-corrected chi connectivity index (χ4v) is 0.852. The Kier molecular flexibility index (Phi) is 2.69. The van der Waals surface area contributed by atoms with Gasteiger partial charge in [-0.3, -0.25) is 4.79 Å². The van der Waals surface area contributed by atoms with E-state index in [1.54, 1.807) is 0 Å². The van der Waals surface area contributed by atoms with Gasteiger partial charge >= 0.3 is 5.91 Å². The van der Waals surface area contributed by atoms with Crippen LogP contribution in [0.1, 0.15) is 10.4 Å². The summed E-state index contributed by atoms with van der Waals surface area (Å²) in [7, 11) is 1.30. The minimum atomic E-state index is -0.999. The van der Waals surface area contributed by atoms with Gasteiger partial charge in [-0.15, -0.1) is 4.91 Å². The SMILES string of the molecule is COc1ccc(C(=O)N=O)cc1F. The van der Waals surface area contributed by atoms with E-state index in [0.717, 1.165) is 6.07 Å². The molecular weight excluding hydrogens is 177 g/mol. The maximum Gasteiger partial charge on any atom is 0.316 e. The summed E-state index contributed by atoms with van der Waals surface area (Å²) in [5, 5.41) is 2.16. The lowest BCUT2D eigenvalue weighted by molar-refractivity contribution is 0.100. The lowest BCUT2D eigenvalue weighted by Crippen LogP contribution is -1.96. The third-order valence-corrected chi connectivity index (χ3v) is 1.48. The molecule has 0 unspecified atom stereocenters. The van der Waals surface area contributed by atoms with Crippen molar-refractivity contribution in [2.24, 2.45) is 5.18 Å². The number of benzene rings is 1. The summed E-state index contributed by atoms with van der Waals surface area (Å²) in [4.78, 5) is 20.5. The molecule has 0 heterocycles. The molecule has 1 rings (SSSR count). The third-order valence-electron chi connectivity index (χ3n) is 1.48. The van der Waals surface area contributed by atoms with Gasteiger partial charge in [0, 0.05) is 10.7 Å². The van der Waals surface area contributed by atoms with E-state index in [1.807, 2.05) is 0 Å². The molecule has 0 aliphatic heterocycles. The first kappa shape index (κ1) is 9.31. The summed E-state index contributed by atoms with van der Waals surface area (Å²) in [6, 6.07) is 3.43. The molecule has 0 saturated heterocycles. The summed E-state index contributed by atoms with van der Waals surface area (Å²) >= 11 is 0. The maximum absolute atomic E-state index is 12.9. The molecule has 0 radical (unpaired) electrons. The minimum Gasteiger partial charge on any atom is -0.494 e. The van der Waals surface area contributed by atoms with Gasteiger partial charge in [0.05, 0.1) is 7.11 Å². The minimum absolute atomic E-state index is 0.0162. The molecule has 68 valence electrons. The lowest BCUT2D eigenvalue weighted by Gasteiger charge is -2.00. The van der Waals surface area contributed by atoms with Crippen LogP contribution in [0.15, 0.2) is 23.4 Å². The highest BCUT2D eigenvalue weighted by atomic mass is 19.1. The largest absolute Gasteiger partial charge is 0.494 e. The Morgan fingerprint density at radius 3 is 2.69 bits per heavy atom. The van der Waals surface area contributed by atoms with Gasteiger partial charge in [-0.1, -0.05) is 0 Å². The van der Waals surface area contributed by atoms with Gasteiger partial charge in [0.2, 0.25) is 0 Å². The number of hydrogen-bond donors (Lipinski definition) is 0. The van der Waals surface area contributed by atoms with Crippen molar-refractivity contribution < 1.29 is 13.9 Å². The van der Waals surface area contributed by atoms with Gasteiger partial charge in [0.15, 0.2) is 11.6 Å². The predicted molar refractivity (Wildman–Crippen MR) is 43.1 cm³/mol. The Labute approximate surface area is 73.3 Å². The van der Waals surface area contributed by atoms with E-state index < -0.39 is 11.7 Å². The first-order chi connectivity index (χ1) is 6.19. The number of nitroso groups, excluding NO2 is 1. The van der Waals surface area contributed by atoms with Gasteiger partial charge < -0.3 is 4.74 Å². The second-order valence-corrected chi connectivity index (χ2v) is 2.25. The van der Waals surface area contributed by atoms with Crippen molar-refractivity contribution in [3.8, 4) is 5.75 Å². The van der Waals surface area contributed by atoms with Crippen molar-refractivity contribution in [1.29, 1.82) is 0 Å². The molecule has 0 N–H and O–H groups in total. The fraction of sp³-hybridized carbons (Fsp3) is 0.125. The molecule has 0 aliphatic rings. The molecule has 0 spiro atoms. The van der Waals surface area contributed by atoms with E-state index in [4.69, 9.17) is 0 Å². The zero-order valence-corrected chi connectivity index (χ0v) is 6.78. The van der Waals surface area contributed by atoms with E-state index in [2.05, 4.69) is 9.91 Å². The van der Waals surface area contributed by atoms with Crippen LogP contribution in [0.3, 0.4) is 0 Å². The molecule has 0 bridgehead atoms. The van der Waals surface area contributed by atoms with Crippen LogP contribution in [-0.4, -0.2) is 13.0 Å². The first-order valence-electron chi connectivity index (χ1n) is 3.40. The van der Waals surface area contributed by atoms with Crippen molar-refractivity contribution in [3.05, 3.63) is 34.5 Å². The Morgan fingerprint density at radius 2 is 2.23 bits per heavy atom. The van der Waals surface area contributed by atoms with Crippen LogP contribution < -0.4 is 4.74 Å². The van der Waals surface area contributed by atoms with Crippen molar-refractivity contribution in [2.45, 2.75) is 0 Å². The van der Waals surface area contributed by atoms with Crippen LogP contribution in [0.4, 0.5) is 4.39 Å². The average molecular weight is 183 g/mol. The van der Waals surface area contributed by atoms with E-state index in [9.17, 15) is 14.1 Å². The van der Waals surface area contributed by atoms with E-state index in [1.165, 1.54) is 19.2 Å². The molecular formula is C8H6FNO3. The van der Waals surface area contributed by atoms with Crippen LogP contribution >= 0.6 is 0 Å². The normalized spacial score (nSPS) is 9.38. The molecule has 0 aliphatic carbocycles. The fourth-order valence-electron chi connectivity index (χ4n) is 0.852. The van der Waals surface area contributed by atoms with Crippen LogP contribution in [0.25, 0.3) is 0 Å². The molecule has 4 nitrogen and oxygen atoms in total. The molecule has 0 fully saturated rings. The predicted octanol–water partition coefficient (Wildman–Crippen LogP) is 1.74. The number of methoxy groups -OCH3 is 1. The van der Waals surface area contributed by atoms with Gasteiger partial charge in [0.25, 0.3) is 0 Å². The highest BCUT2D eigenvalue weighted by molar-refractivity contribution is 5.94. The molecule has 0 aromatic heterocycles. The van der Waals surface area contributed by atoms with Gasteiger partial charge in [-0.25, -0.2) is 4.39 Å². The standard InChI is InChI=1S/C8H6FNO3/c1-13-7-3-2-5(4-6(7)9)8(11)10-12/h2-4H,1H3. The van der Waals surface area contributed by atoms with Crippen LogP contribution in [0.5, 0.6) is 5.75 Å². The summed E-state index contributed by atoms with van der Waals surface area (Å²) < 4.78 is 17.5. The highest BCUT2D eigenvalue weighted by Gasteiger charge is 2.09. The number of nitrogens with zero attached hydrogens (tertiary/aromatic N) is 1. The number of halogens is 1. The van der Waals surface area contributed by atoms with E-state index in [0.29, 0.717) is 0 Å². The smallest absolute Gasteiger partial charge is 0.316 e. The molecule has 1 aromatic rings. The Hall–Kier alpha value is -1.78. The Balaban J connectivity index is 3.09. The van der Waals surface area contributed by atoms with Crippen LogP contribution in [-0.2, 0) is 0 Å². The molecule has 1 aromatic carbocycles. The molecule has 5 heteroatoms. The van der Waals surface area contributed by atoms with Gasteiger partial charge in [-0.05, 0) is 18.2 Å². The summed E-state index contributed by atoms with van der Waals surface area (Å²) in [5.41, 5.74) is -0.0895. The number of ether oxygens (including phenoxy) is 1. The van der Waals surface area contributed by atoms with Crippen molar-refractivity contribution in [2.75, 3.05) is 7.11 Å². The maximum atomic E-state index is 12.9. The van der Waals surface area contributed by atoms with Crippen molar-refractivity contribution in [3.63, 3.8) is 0 Å². The topological polar surface area (TPSA) is 55.7 Å². The summed E-state index contributed by atoms with van der Waals surface area (Å²) in [5.74, 6) is -1.68. The zero-order chi connectivity index (χ0) is 9.84. The average Bonchev–Trinajstić information content (AvgIpc) is 2.16. The highest BCUT2D eigenvalue weighted by Crippen LogP contribution is 2.17. The molecule has 13 heavy (non-hydrogen) atoms. The number of amides is 1. The number of rotatable bonds is 2. The Bertz CT molecular complexity index is 351. The lowest BCUT2D eigenvalue weighted by atomic mass is 10.2. The van der Waals surface area contributed by atoms with Gasteiger partial charge in [-0.2, -0.15) is 0 Å². The molecule has 0 saturated carbocycles. The molecule has 0 atom stereocenters. The summed E-state index contributed by atoms with van der Waals surface area (Å²) in [6.07, 6.45) is 0. The van der Waals surface area contributed by atoms with Crippen molar-refractivity contribution >= 4 is 5.91 Å². The van der Waals surface area contributed by atoms with Crippen LogP contribution in [0.2, 0.25) is 0 Å². The number of hydrogen-bond acceptors (Lipinski definition) is 3. The number of carbonyl (C=O) groups excluding carboxylic acids is 1. The third kappa shape index (κ3) is 1.87. The zero-order valence-electron chi connectivity index (χ0n) is 6.78.